The quantitative estimate of drug-likeness (QED) is 0.904. The van der Waals surface area contributed by atoms with Crippen LogP contribution in [0, 0.1) is 0 Å². The van der Waals surface area contributed by atoms with Crippen LogP contribution in [0.4, 0.5) is 0 Å². The Labute approximate surface area is 103 Å². The SMILES string of the molecule is CC(=O)NCC1COCc2cc(Br)ccc21. The first-order valence-electron chi connectivity index (χ1n) is 5.27. The molecule has 1 aromatic carbocycles. The summed E-state index contributed by atoms with van der Waals surface area (Å²) in [7, 11) is 0. The third kappa shape index (κ3) is 2.62. The highest BCUT2D eigenvalue weighted by Gasteiger charge is 2.20. The molecular weight excluding hydrogens is 270 g/mol. The van der Waals surface area contributed by atoms with E-state index in [9.17, 15) is 4.79 Å². The Morgan fingerprint density at radius 1 is 1.62 bits per heavy atom. The van der Waals surface area contributed by atoms with Crippen molar-refractivity contribution >= 4 is 21.8 Å². The molecule has 16 heavy (non-hydrogen) atoms. The molecule has 2 rings (SSSR count). The Bertz CT molecular complexity index is 406. The van der Waals surface area contributed by atoms with Gasteiger partial charge in [0.2, 0.25) is 5.91 Å². The molecular formula is C12H14BrNO2. The van der Waals surface area contributed by atoms with Crippen molar-refractivity contribution in [3.8, 4) is 0 Å². The number of nitrogens with one attached hydrogen (secondary N) is 1. The Balaban J connectivity index is 2.16. The first-order chi connectivity index (χ1) is 7.66. The van der Waals surface area contributed by atoms with Crippen LogP contribution in [-0.2, 0) is 16.1 Å². The zero-order valence-corrected chi connectivity index (χ0v) is 10.7. The number of ether oxygens (including phenoxy) is 1. The molecule has 1 atom stereocenters. The number of carbonyl (C=O) groups is 1. The third-order valence-electron chi connectivity index (χ3n) is 2.72. The summed E-state index contributed by atoms with van der Waals surface area (Å²) in [5.41, 5.74) is 2.49. The van der Waals surface area contributed by atoms with Crippen molar-refractivity contribution in [1.82, 2.24) is 5.32 Å². The topological polar surface area (TPSA) is 38.3 Å². The fourth-order valence-corrected chi connectivity index (χ4v) is 2.34. The molecule has 0 saturated carbocycles. The molecule has 0 aliphatic carbocycles. The van der Waals surface area contributed by atoms with E-state index in [1.807, 2.05) is 6.07 Å². The van der Waals surface area contributed by atoms with Crippen LogP contribution >= 0.6 is 15.9 Å². The number of rotatable bonds is 2. The van der Waals surface area contributed by atoms with E-state index < -0.39 is 0 Å². The smallest absolute Gasteiger partial charge is 0.216 e. The maximum atomic E-state index is 10.9. The van der Waals surface area contributed by atoms with E-state index in [1.165, 1.54) is 18.1 Å². The average Bonchev–Trinajstić information content (AvgIpc) is 2.25. The van der Waals surface area contributed by atoms with Crippen molar-refractivity contribution in [1.29, 1.82) is 0 Å². The Kier molecular flexibility index (Phi) is 3.61. The summed E-state index contributed by atoms with van der Waals surface area (Å²) in [4.78, 5) is 10.9. The minimum absolute atomic E-state index is 0.00392. The Morgan fingerprint density at radius 3 is 3.19 bits per heavy atom. The Morgan fingerprint density at radius 2 is 2.44 bits per heavy atom. The fraction of sp³-hybridized carbons (Fsp3) is 0.417. The second-order valence-corrected chi connectivity index (χ2v) is 4.91. The summed E-state index contributed by atoms with van der Waals surface area (Å²) in [5, 5.41) is 2.84. The van der Waals surface area contributed by atoms with Crippen molar-refractivity contribution in [3.05, 3.63) is 33.8 Å². The van der Waals surface area contributed by atoms with E-state index in [0.717, 1.165) is 4.47 Å². The van der Waals surface area contributed by atoms with Crippen LogP contribution < -0.4 is 5.32 Å². The summed E-state index contributed by atoms with van der Waals surface area (Å²) in [5.74, 6) is 0.269. The van der Waals surface area contributed by atoms with Gasteiger partial charge in [-0.25, -0.2) is 0 Å². The van der Waals surface area contributed by atoms with E-state index >= 15 is 0 Å². The summed E-state index contributed by atoms with van der Waals surface area (Å²) in [6.07, 6.45) is 0. The summed E-state index contributed by atoms with van der Waals surface area (Å²) >= 11 is 3.45. The van der Waals surface area contributed by atoms with Gasteiger partial charge >= 0.3 is 0 Å². The van der Waals surface area contributed by atoms with Gasteiger partial charge in [0.15, 0.2) is 0 Å². The number of halogens is 1. The number of benzene rings is 1. The first-order valence-corrected chi connectivity index (χ1v) is 6.06. The second-order valence-electron chi connectivity index (χ2n) is 3.99. The van der Waals surface area contributed by atoms with Crippen LogP contribution in [0.1, 0.15) is 24.0 Å². The van der Waals surface area contributed by atoms with Gasteiger partial charge in [-0.2, -0.15) is 0 Å². The molecule has 0 aromatic heterocycles. The number of fused-ring (bicyclic) bond motifs is 1. The first kappa shape index (κ1) is 11.6. The van der Waals surface area contributed by atoms with E-state index in [1.54, 1.807) is 0 Å². The van der Waals surface area contributed by atoms with Crippen LogP contribution in [0.25, 0.3) is 0 Å². The van der Waals surface area contributed by atoms with Gasteiger partial charge in [-0.15, -0.1) is 0 Å². The summed E-state index contributed by atoms with van der Waals surface area (Å²) in [6, 6.07) is 6.22. The average molecular weight is 284 g/mol. The minimum atomic E-state index is 0.00392. The van der Waals surface area contributed by atoms with Gasteiger partial charge in [-0.3, -0.25) is 4.79 Å². The lowest BCUT2D eigenvalue weighted by molar-refractivity contribution is -0.119. The van der Waals surface area contributed by atoms with Gasteiger partial charge < -0.3 is 10.1 Å². The molecule has 1 amide bonds. The van der Waals surface area contributed by atoms with E-state index in [2.05, 4.69) is 33.4 Å². The third-order valence-corrected chi connectivity index (χ3v) is 3.21. The molecule has 1 N–H and O–H groups in total. The highest BCUT2D eigenvalue weighted by Crippen LogP contribution is 2.28. The molecule has 1 aliphatic rings. The second kappa shape index (κ2) is 4.97. The molecule has 3 nitrogen and oxygen atoms in total. The highest BCUT2D eigenvalue weighted by atomic mass is 79.9. The van der Waals surface area contributed by atoms with E-state index in [-0.39, 0.29) is 11.8 Å². The van der Waals surface area contributed by atoms with Crippen LogP contribution in [0.15, 0.2) is 22.7 Å². The number of hydrogen-bond donors (Lipinski definition) is 1. The zero-order valence-electron chi connectivity index (χ0n) is 9.13. The Hall–Kier alpha value is -0.870. The molecule has 0 spiro atoms. The number of amides is 1. The lowest BCUT2D eigenvalue weighted by Gasteiger charge is -2.26. The lowest BCUT2D eigenvalue weighted by atomic mass is 9.93. The number of carbonyl (C=O) groups excluding carboxylic acids is 1. The van der Waals surface area contributed by atoms with Gasteiger partial charge in [-0.05, 0) is 23.3 Å². The molecule has 1 aromatic rings. The van der Waals surface area contributed by atoms with E-state index in [4.69, 9.17) is 4.74 Å². The van der Waals surface area contributed by atoms with Crippen LogP contribution in [0.3, 0.4) is 0 Å². The monoisotopic (exact) mass is 283 g/mol. The zero-order chi connectivity index (χ0) is 11.5. The van der Waals surface area contributed by atoms with Crippen LogP contribution in [0.2, 0.25) is 0 Å². The molecule has 1 aliphatic heterocycles. The molecule has 0 fully saturated rings. The molecule has 86 valence electrons. The number of hydrogen-bond acceptors (Lipinski definition) is 2. The van der Waals surface area contributed by atoms with Gasteiger partial charge in [0.05, 0.1) is 13.2 Å². The minimum Gasteiger partial charge on any atom is -0.376 e. The predicted octanol–water partition coefficient (Wildman–Crippen LogP) is 2.20. The van der Waals surface area contributed by atoms with Gasteiger partial charge in [0, 0.05) is 23.9 Å². The van der Waals surface area contributed by atoms with E-state index in [0.29, 0.717) is 19.8 Å². The molecule has 0 saturated heterocycles. The van der Waals surface area contributed by atoms with Crippen molar-refractivity contribution in [2.75, 3.05) is 13.2 Å². The molecule has 0 bridgehead atoms. The molecule has 1 heterocycles. The molecule has 1 unspecified atom stereocenters. The van der Waals surface area contributed by atoms with Crippen molar-refractivity contribution in [2.45, 2.75) is 19.4 Å². The fourth-order valence-electron chi connectivity index (χ4n) is 1.93. The predicted molar refractivity (Wildman–Crippen MR) is 65.2 cm³/mol. The highest BCUT2D eigenvalue weighted by molar-refractivity contribution is 9.10. The van der Waals surface area contributed by atoms with Crippen molar-refractivity contribution in [3.63, 3.8) is 0 Å². The molecule has 0 radical (unpaired) electrons. The lowest BCUT2D eigenvalue weighted by Crippen LogP contribution is -2.30. The van der Waals surface area contributed by atoms with Crippen LogP contribution in [-0.4, -0.2) is 19.1 Å². The normalized spacial score (nSPS) is 19.0. The van der Waals surface area contributed by atoms with Gasteiger partial charge in [0.1, 0.15) is 0 Å². The maximum absolute atomic E-state index is 10.9. The maximum Gasteiger partial charge on any atom is 0.216 e. The summed E-state index contributed by atoms with van der Waals surface area (Å²) in [6.45, 7) is 3.51. The largest absolute Gasteiger partial charge is 0.376 e. The summed E-state index contributed by atoms with van der Waals surface area (Å²) < 4.78 is 6.59. The van der Waals surface area contributed by atoms with Crippen molar-refractivity contribution in [2.24, 2.45) is 0 Å². The standard InChI is InChI=1S/C12H14BrNO2/c1-8(15)14-5-10-7-16-6-9-4-11(13)2-3-12(9)10/h2-4,10H,5-7H2,1H3,(H,14,15). The van der Waals surface area contributed by atoms with Gasteiger partial charge in [-0.1, -0.05) is 22.0 Å². The van der Waals surface area contributed by atoms with Crippen LogP contribution in [0.5, 0.6) is 0 Å². The van der Waals surface area contributed by atoms with Crippen molar-refractivity contribution < 1.29 is 9.53 Å². The molecule has 4 heteroatoms. The van der Waals surface area contributed by atoms with Gasteiger partial charge in [0.25, 0.3) is 0 Å².